The van der Waals surface area contributed by atoms with Crippen LogP contribution in [0.5, 0.6) is 5.75 Å². The summed E-state index contributed by atoms with van der Waals surface area (Å²) in [5.41, 5.74) is 6.27. The first-order valence-electron chi connectivity index (χ1n) is 8.56. The van der Waals surface area contributed by atoms with Crippen molar-refractivity contribution in [2.45, 2.75) is 30.7 Å². The van der Waals surface area contributed by atoms with Crippen LogP contribution >= 0.6 is 0 Å². The second kappa shape index (κ2) is 4.41. The van der Waals surface area contributed by atoms with Crippen LogP contribution < -0.4 is 4.74 Å². The largest absolute Gasteiger partial charge is 0.501 e. The molecule has 1 fully saturated rings. The summed E-state index contributed by atoms with van der Waals surface area (Å²) in [6, 6.07) is 5.01. The van der Waals surface area contributed by atoms with Crippen molar-refractivity contribution in [1.29, 1.82) is 0 Å². The lowest BCUT2D eigenvalue weighted by Gasteiger charge is -2.54. The number of benzene rings is 1. The molecule has 0 saturated carbocycles. The number of nitrogens with zero attached hydrogens (tertiary/aromatic N) is 1. The summed E-state index contributed by atoms with van der Waals surface area (Å²) in [6.07, 6.45) is 7.92. The van der Waals surface area contributed by atoms with Crippen molar-refractivity contribution in [3.63, 3.8) is 0 Å². The van der Waals surface area contributed by atoms with Crippen LogP contribution in [-0.2, 0) is 23.0 Å². The van der Waals surface area contributed by atoms with Crippen molar-refractivity contribution in [3.05, 3.63) is 52.3 Å². The first-order valence-corrected chi connectivity index (χ1v) is 8.56. The van der Waals surface area contributed by atoms with Gasteiger partial charge in [0.1, 0.15) is 11.5 Å². The molecule has 0 radical (unpaired) electrons. The molecule has 3 aliphatic carbocycles. The van der Waals surface area contributed by atoms with Gasteiger partial charge in [0.25, 0.3) is 0 Å². The van der Waals surface area contributed by atoms with Gasteiger partial charge in [-0.05, 0) is 67.3 Å². The number of likely N-dealkylation sites (tertiary alicyclic amines) is 1. The van der Waals surface area contributed by atoms with E-state index in [-0.39, 0.29) is 5.41 Å². The normalized spacial score (nSPS) is 33.7. The molecule has 5 rings (SSSR count). The monoisotopic (exact) mass is 309 g/mol. The summed E-state index contributed by atoms with van der Waals surface area (Å²) in [4.78, 5) is 2.53. The summed E-state index contributed by atoms with van der Waals surface area (Å²) < 4.78 is 11.5. The molecule has 1 heterocycles. The topological polar surface area (TPSA) is 21.7 Å². The van der Waals surface area contributed by atoms with Gasteiger partial charge in [0, 0.05) is 17.4 Å². The van der Waals surface area contributed by atoms with Gasteiger partial charge in [-0.25, -0.2) is 0 Å². The summed E-state index contributed by atoms with van der Waals surface area (Å²) in [5, 5.41) is 0. The van der Waals surface area contributed by atoms with E-state index in [1.54, 1.807) is 18.2 Å². The van der Waals surface area contributed by atoms with Gasteiger partial charge in [-0.15, -0.1) is 0 Å². The van der Waals surface area contributed by atoms with E-state index in [1.807, 2.05) is 7.11 Å². The quantitative estimate of drug-likeness (QED) is 0.838. The molecule has 0 amide bonds. The Morgan fingerprint density at radius 1 is 1.13 bits per heavy atom. The number of hydrogen-bond acceptors (Lipinski definition) is 3. The summed E-state index contributed by atoms with van der Waals surface area (Å²) in [6.45, 7) is 1.16. The lowest BCUT2D eigenvalue weighted by Crippen LogP contribution is -2.56. The Morgan fingerprint density at radius 3 is 2.78 bits per heavy atom. The fourth-order valence-electron chi connectivity index (χ4n) is 5.76. The third-order valence-corrected chi connectivity index (χ3v) is 6.71. The van der Waals surface area contributed by atoms with E-state index in [2.05, 4.69) is 36.2 Å². The van der Waals surface area contributed by atoms with E-state index >= 15 is 0 Å². The molecule has 120 valence electrons. The van der Waals surface area contributed by atoms with Crippen molar-refractivity contribution >= 4 is 0 Å². The van der Waals surface area contributed by atoms with Gasteiger partial charge in [0.05, 0.1) is 14.2 Å². The molecule has 4 aliphatic rings. The number of piperidine rings is 1. The van der Waals surface area contributed by atoms with Gasteiger partial charge in [-0.2, -0.15) is 0 Å². The van der Waals surface area contributed by atoms with E-state index in [0.717, 1.165) is 30.9 Å². The predicted octanol–water partition coefficient (Wildman–Crippen LogP) is 2.84. The second-order valence-electron chi connectivity index (χ2n) is 7.35. The van der Waals surface area contributed by atoms with E-state index in [9.17, 15) is 0 Å². The molecule has 3 atom stereocenters. The number of ether oxygens (including phenoxy) is 2. The minimum atomic E-state index is 0.148. The highest BCUT2D eigenvalue weighted by molar-refractivity contribution is 5.64. The fraction of sp³-hybridized carbons (Fsp3) is 0.500. The Hall–Kier alpha value is -1.74. The molecule has 1 aromatic carbocycles. The third-order valence-electron chi connectivity index (χ3n) is 6.71. The van der Waals surface area contributed by atoms with Crippen LogP contribution in [0.25, 0.3) is 0 Å². The van der Waals surface area contributed by atoms with Crippen LogP contribution in [0.3, 0.4) is 0 Å². The minimum absolute atomic E-state index is 0.148. The predicted molar refractivity (Wildman–Crippen MR) is 89.8 cm³/mol. The highest BCUT2D eigenvalue weighted by atomic mass is 16.5. The molecule has 0 N–H and O–H groups in total. The van der Waals surface area contributed by atoms with Crippen LogP contribution in [0.15, 0.2) is 35.6 Å². The van der Waals surface area contributed by atoms with E-state index in [0.29, 0.717) is 12.0 Å². The lowest BCUT2D eigenvalue weighted by molar-refractivity contribution is 0.119. The zero-order chi connectivity index (χ0) is 15.8. The summed E-state index contributed by atoms with van der Waals surface area (Å²) in [5.74, 6) is 2.64. The molecule has 1 spiro atoms. The molecule has 23 heavy (non-hydrogen) atoms. The van der Waals surface area contributed by atoms with Crippen LogP contribution in [-0.4, -0.2) is 38.8 Å². The lowest BCUT2D eigenvalue weighted by atomic mass is 9.56. The average Bonchev–Trinajstić information content (AvgIpc) is 2.92. The molecule has 1 aliphatic heterocycles. The van der Waals surface area contributed by atoms with Gasteiger partial charge in [0.15, 0.2) is 0 Å². The molecule has 2 bridgehead atoms. The Bertz CT molecular complexity index is 763. The van der Waals surface area contributed by atoms with Crippen LogP contribution in [0.2, 0.25) is 0 Å². The van der Waals surface area contributed by atoms with Crippen molar-refractivity contribution < 1.29 is 9.47 Å². The molecule has 1 aromatic rings. The summed E-state index contributed by atoms with van der Waals surface area (Å²) >= 11 is 0. The Labute approximate surface area is 137 Å². The van der Waals surface area contributed by atoms with E-state index in [1.165, 1.54) is 17.5 Å². The first-order chi connectivity index (χ1) is 11.2. The Balaban J connectivity index is 1.84. The average molecular weight is 309 g/mol. The Morgan fingerprint density at radius 2 is 2.00 bits per heavy atom. The molecule has 3 nitrogen and oxygen atoms in total. The van der Waals surface area contributed by atoms with Crippen LogP contribution in [0, 0.1) is 5.92 Å². The highest BCUT2D eigenvalue weighted by Crippen LogP contribution is 2.62. The number of methoxy groups -OCH3 is 2. The first kappa shape index (κ1) is 13.7. The molecule has 1 unspecified atom stereocenters. The van der Waals surface area contributed by atoms with Gasteiger partial charge in [-0.3, -0.25) is 4.90 Å². The maximum Gasteiger partial charge on any atom is 0.122 e. The SMILES string of the molecule is COC1=CC=C2C3Cc4ccc(OC)c5c4[C@@]2(CCN3C)[C@H]1C5. The molecule has 3 heteroatoms. The molecule has 0 aromatic heterocycles. The fourth-order valence-corrected chi connectivity index (χ4v) is 5.76. The zero-order valence-electron chi connectivity index (χ0n) is 14.1. The standard InChI is InChI=1S/C20H23NO2/c1-21-9-8-20-14-5-7-18(23-3)15(20)11-13-17(22-2)6-4-12(19(13)20)10-16(14)21/h4-7,15-16H,8-11H2,1-3H3/t15-,16?,20+/m0/s1. The number of likely N-dealkylation sites (N-methyl/N-ethyl adjacent to an activating group) is 1. The number of rotatable bonds is 2. The molecular weight excluding hydrogens is 286 g/mol. The van der Waals surface area contributed by atoms with Gasteiger partial charge in [0.2, 0.25) is 0 Å². The van der Waals surface area contributed by atoms with E-state index < -0.39 is 0 Å². The van der Waals surface area contributed by atoms with Gasteiger partial charge >= 0.3 is 0 Å². The number of hydrogen-bond donors (Lipinski definition) is 0. The highest BCUT2D eigenvalue weighted by Gasteiger charge is 2.59. The third kappa shape index (κ3) is 1.45. The maximum atomic E-state index is 5.80. The van der Waals surface area contributed by atoms with Crippen molar-refractivity contribution in [3.8, 4) is 5.75 Å². The van der Waals surface area contributed by atoms with Crippen molar-refractivity contribution in [2.75, 3.05) is 27.8 Å². The molecular formula is C20H23NO2. The second-order valence-corrected chi connectivity index (χ2v) is 7.35. The number of allylic oxidation sites excluding steroid dienone is 3. The minimum Gasteiger partial charge on any atom is -0.501 e. The van der Waals surface area contributed by atoms with Crippen LogP contribution in [0.1, 0.15) is 23.1 Å². The van der Waals surface area contributed by atoms with Crippen molar-refractivity contribution in [2.24, 2.45) is 5.92 Å². The Kier molecular flexibility index (Phi) is 2.63. The van der Waals surface area contributed by atoms with Gasteiger partial charge in [-0.1, -0.05) is 12.1 Å². The molecule has 1 saturated heterocycles. The van der Waals surface area contributed by atoms with E-state index in [4.69, 9.17) is 9.47 Å². The maximum absolute atomic E-state index is 5.80. The summed E-state index contributed by atoms with van der Waals surface area (Å²) in [7, 11) is 5.88. The van der Waals surface area contributed by atoms with Crippen molar-refractivity contribution in [1.82, 2.24) is 4.90 Å². The smallest absolute Gasteiger partial charge is 0.122 e. The zero-order valence-corrected chi connectivity index (χ0v) is 14.1. The van der Waals surface area contributed by atoms with Gasteiger partial charge < -0.3 is 9.47 Å². The van der Waals surface area contributed by atoms with Crippen LogP contribution in [0.4, 0.5) is 0 Å².